The molecule has 5 heteroatoms. The van der Waals surface area contributed by atoms with E-state index < -0.39 is 0 Å². The molecular formula is C21H30N2O3. The molecule has 3 aliphatic rings. The van der Waals surface area contributed by atoms with Crippen LogP contribution in [-0.4, -0.2) is 54.2 Å². The summed E-state index contributed by atoms with van der Waals surface area (Å²) in [5, 5.41) is 0. The van der Waals surface area contributed by atoms with E-state index in [0.29, 0.717) is 37.2 Å². The average molecular weight is 358 g/mol. The Morgan fingerprint density at radius 1 is 1.04 bits per heavy atom. The molecule has 2 fully saturated rings. The van der Waals surface area contributed by atoms with Gasteiger partial charge in [0, 0.05) is 12.1 Å². The topological polar surface area (TPSA) is 42.0 Å². The van der Waals surface area contributed by atoms with Gasteiger partial charge in [0.1, 0.15) is 0 Å². The fourth-order valence-corrected chi connectivity index (χ4v) is 4.78. The first-order valence-electron chi connectivity index (χ1n) is 10.0. The molecule has 142 valence electrons. The van der Waals surface area contributed by atoms with Crippen LogP contribution >= 0.6 is 0 Å². The van der Waals surface area contributed by atoms with Crippen molar-refractivity contribution in [3.63, 3.8) is 0 Å². The lowest BCUT2D eigenvalue weighted by Crippen LogP contribution is -2.51. The highest BCUT2D eigenvalue weighted by Gasteiger charge is 2.31. The second-order valence-corrected chi connectivity index (χ2v) is 8.09. The van der Waals surface area contributed by atoms with Crippen LogP contribution < -0.4 is 9.47 Å². The van der Waals surface area contributed by atoms with Gasteiger partial charge in [-0.15, -0.1) is 0 Å². The molecule has 1 aromatic carbocycles. The SMILES string of the molecule is C[C@@H]1CCC[C@@H](C)N1C(=O)CN1CCC(c2ccc3c(c2)OCO3)CC1. The summed E-state index contributed by atoms with van der Waals surface area (Å²) >= 11 is 0. The third-order valence-electron chi connectivity index (χ3n) is 6.30. The number of likely N-dealkylation sites (tertiary alicyclic amines) is 2. The average Bonchev–Trinajstić information content (AvgIpc) is 3.10. The molecule has 26 heavy (non-hydrogen) atoms. The summed E-state index contributed by atoms with van der Waals surface area (Å²) in [5.41, 5.74) is 1.33. The number of rotatable bonds is 3. The van der Waals surface area contributed by atoms with Gasteiger partial charge in [0.2, 0.25) is 12.7 Å². The summed E-state index contributed by atoms with van der Waals surface area (Å²) in [6, 6.07) is 7.09. The van der Waals surface area contributed by atoms with Crippen LogP contribution in [0.1, 0.15) is 57.4 Å². The Hall–Kier alpha value is -1.75. The van der Waals surface area contributed by atoms with Crippen LogP contribution in [0.5, 0.6) is 11.5 Å². The summed E-state index contributed by atoms with van der Waals surface area (Å²) in [7, 11) is 0. The Labute approximate surface area is 156 Å². The van der Waals surface area contributed by atoms with Gasteiger partial charge in [0.05, 0.1) is 6.54 Å². The number of benzene rings is 1. The van der Waals surface area contributed by atoms with E-state index in [0.717, 1.165) is 50.3 Å². The molecule has 2 atom stereocenters. The van der Waals surface area contributed by atoms with Crippen molar-refractivity contribution < 1.29 is 14.3 Å². The smallest absolute Gasteiger partial charge is 0.237 e. The first kappa shape index (κ1) is 17.7. The molecule has 0 radical (unpaired) electrons. The Balaban J connectivity index is 1.31. The molecule has 3 aliphatic heterocycles. The van der Waals surface area contributed by atoms with Crippen molar-refractivity contribution in [3.05, 3.63) is 23.8 Å². The molecular weight excluding hydrogens is 328 g/mol. The number of carbonyl (C=O) groups is 1. The van der Waals surface area contributed by atoms with Crippen LogP contribution in [0.15, 0.2) is 18.2 Å². The molecule has 0 N–H and O–H groups in total. The number of hydrogen-bond donors (Lipinski definition) is 0. The Morgan fingerprint density at radius 3 is 2.46 bits per heavy atom. The lowest BCUT2D eigenvalue weighted by molar-refractivity contribution is -0.138. The molecule has 0 saturated carbocycles. The van der Waals surface area contributed by atoms with Gasteiger partial charge < -0.3 is 14.4 Å². The van der Waals surface area contributed by atoms with Gasteiger partial charge in [-0.2, -0.15) is 0 Å². The molecule has 4 rings (SSSR count). The third-order valence-corrected chi connectivity index (χ3v) is 6.30. The summed E-state index contributed by atoms with van der Waals surface area (Å²) in [6.07, 6.45) is 5.72. The molecule has 3 heterocycles. The second-order valence-electron chi connectivity index (χ2n) is 8.09. The van der Waals surface area contributed by atoms with Crippen molar-refractivity contribution in [2.45, 2.75) is 64.0 Å². The van der Waals surface area contributed by atoms with Crippen LogP contribution in [-0.2, 0) is 4.79 Å². The van der Waals surface area contributed by atoms with Crippen molar-refractivity contribution in [1.29, 1.82) is 0 Å². The maximum Gasteiger partial charge on any atom is 0.237 e. The highest BCUT2D eigenvalue weighted by Crippen LogP contribution is 2.37. The van der Waals surface area contributed by atoms with E-state index in [1.807, 2.05) is 6.07 Å². The molecule has 0 aliphatic carbocycles. The first-order valence-corrected chi connectivity index (χ1v) is 10.0. The number of piperidine rings is 2. The van der Waals surface area contributed by atoms with Crippen molar-refractivity contribution in [1.82, 2.24) is 9.80 Å². The van der Waals surface area contributed by atoms with Gasteiger partial charge in [0.25, 0.3) is 0 Å². The minimum atomic E-state index is 0.311. The first-order chi connectivity index (χ1) is 12.6. The highest BCUT2D eigenvalue weighted by molar-refractivity contribution is 5.79. The maximum atomic E-state index is 12.8. The van der Waals surface area contributed by atoms with E-state index in [-0.39, 0.29) is 0 Å². The second kappa shape index (κ2) is 7.47. The van der Waals surface area contributed by atoms with Crippen LogP contribution in [0.4, 0.5) is 0 Å². The van der Waals surface area contributed by atoms with Crippen LogP contribution in [0.25, 0.3) is 0 Å². The predicted octanol–water partition coefficient (Wildman–Crippen LogP) is 3.38. The third kappa shape index (κ3) is 3.54. The number of fused-ring (bicyclic) bond motifs is 1. The van der Waals surface area contributed by atoms with Gasteiger partial charge in [-0.25, -0.2) is 0 Å². The Bertz CT molecular complexity index is 645. The molecule has 0 spiro atoms. The van der Waals surface area contributed by atoms with E-state index in [2.05, 4.69) is 35.8 Å². The summed E-state index contributed by atoms with van der Waals surface area (Å²) in [5.74, 6) is 2.57. The molecule has 1 amide bonds. The largest absolute Gasteiger partial charge is 0.454 e. The van der Waals surface area contributed by atoms with Gasteiger partial charge in [-0.3, -0.25) is 9.69 Å². The zero-order chi connectivity index (χ0) is 18.1. The Morgan fingerprint density at radius 2 is 1.73 bits per heavy atom. The molecule has 0 aromatic heterocycles. The molecule has 5 nitrogen and oxygen atoms in total. The predicted molar refractivity (Wildman–Crippen MR) is 101 cm³/mol. The lowest BCUT2D eigenvalue weighted by Gasteiger charge is -2.41. The molecule has 2 saturated heterocycles. The minimum absolute atomic E-state index is 0.311. The fraction of sp³-hybridized carbons (Fsp3) is 0.667. The Kier molecular flexibility index (Phi) is 5.07. The van der Waals surface area contributed by atoms with Gasteiger partial charge in [-0.05, 0) is 82.7 Å². The number of ether oxygens (including phenoxy) is 2. The van der Waals surface area contributed by atoms with E-state index in [1.165, 1.54) is 12.0 Å². The van der Waals surface area contributed by atoms with Crippen LogP contribution in [0, 0.1) is 0 Å². The number of carbonyl (C=O) groups excluding carboxylic acids is 1. The number of nitrogens with zero attached hydrogens (tertiary/aromatic N) is 2. The summed E-state index contributed by atoms with van der Waals surface area (Å²) in [6.45, 7) is 7.26. The molecule has 1 aromatic rings. The van der Waals surface area contributed by atoms with E-state index in [9.17, 15) is 4.79 Å². The van der Waals surface area contributed by atoms with Crippen molar-refractivity contribution in [2.75, 3.05) is 26.4 Å². The molecule has 0 unspecified atom stereocenters. The van der Waals surface area contributed by atoms with Crippen LogP contribution in [0.2, 0.25) is 0 Å². The van der Waals surface area contributed by atoms with Crippen molar-refractivity contribution in [2.24, 2.45) is 0 Å². The zero-order valence-corrected chi connectivity index (χ0v) is 15.9. The van der Waals surface area contributed by atoms with Gasteiger partial charge in [0.15, 0.2) is 11.5 Å². The number of hydrogen-bond acceptors (Lipinski definition) is 4. The minimum Gasteiger partial charge on any atom is -0.454 e. The fourth-order valence-electron chi connectivity index (χ4n) is 4.78. The monoisotopic (exact) mass is 358 g/mol. The zero-order valence-electron chi connectivity index (χ0n) is 15.9. The quantitative estimate of drug-likeness (QED) is 0.831. The van der Waals surface area contributed by atoms with Gasteiger partial charge >= 0.3 is 0 Å². The lowest BCUT2D eigenvalue weighted by atomic mass is 9.89. The standard InChI is InChI=1S/C21H30N2O3/c1-15-4-3-5-16(2)23(15)21(24)13-22-10-8-17(9-11-22)18-6-7-19-20(12-18)26-14-25-19/h6-7,12,15-17H,3-5,8-11,13-14H2,1-2H3/t15-,16-/m1/s1. The molecule has 0 bridgehead atoms. The van der Waals surface area contributed by atoms with E-state index in [1.54, 1.807) is 0 Å². The summed E-state index contributed by atoms with van der Waals surface area (Å²) < 4.78 is 10.9. The van der Waals surface area contributed by atoms with Crippen molar-refractivity contribution in [3.8, 4) is 11.5 Å². The van der Waals surface area contributed by atoms with E-state index in [4.69, 9.17) is 9.47 Å². The van der Waals surface area contributed by atoms with Crippen LogP contribution in [0.3, 0.4) is 0 Å². The van der Waals surface area contributed by atoms with E-state index >= 15 is 0 Å². The maximum absolute atomic E-state index is 12.8. The van der Waals surface area contributed by atoms with Crippen molar-refractivity contribution >= 4 is 5.91 Å². The van der Waals surface area contributed by atoms with Gasteiger partial charge in [-0.1, -0.05) is 6.07 Å². The highest BCUT2D eigenvalue weighted by atomic mass is 16.7. The normalized spacial score (nSPS) is 26.9. The summed E-state index contributed by atoms with van der Waals surface area (Å²) in [4.78, 5) is 17.3. The number of amides is 1.